The zero-order chi connectivity index (χ0) is 19.7. The number of benzene rings is 1. The second kappa shape index (κ2) is 10.2. The number of hydrogen-bond acceptors (Lipinski definition) is 4. The summed E-state index contributed by atoms with van der Waals surface area (Å²) < 4.78 is 5.29. The van der Waals surface area contributed by atoms with Crippen LogP contribution in [0.15, 0.2) is 30.3 Å². The molecule has 0 fully saturated rings. The van der Waals surface area contributed by atoms with Crippen molar-refractivity contribution in [1.29, 1.82) is 0 Å². The number of nitrogens with zero attached hydrogens (tertiary/aromatic N) is 1. The predicted octanol–water partition coefficient (Wildman–Crippen LogP) is 2.78. The molecule has 0 spiro atoms. The van der Waals surface area contributed by atoms with Gasteiger partial charge in [-0.2, -0.15) is 0 Å². The first-order valence-electron chi connectivity index (χ1n) is 9.05. The molecule has 0 unspecified atom stereocenters. The second-order valence-electron chi connectivity index (χ2n) is 7.96. The summed E-state index contributed by atoms with van der Waals surface area (Å²) in [7, 11) is 1.91. The summed E-state index contributed by atoms with van der Waals surface area (Å²) in [5.74, 6) is 0.102. The summed E-state index contributed by atoms with van der Waals surface area (Å²) in [6.45, 7) is 10.8. The molecule has 0 bridgehead atoms. The largest absolute Gasteiger partial charge is 0.444 e. The van der Waals surface area contributed by atoms with Gasteiger partial charge in [0.1, 0.15) is 5.60 Å². The van der Waals surface area contributed by atoms with Crippen LogP contribution in [0.1, 0.15) is 40.2 Å². The Hall–Kier alpha value is -2.08. The van der Waals surface area contributed by atoms with E-state index in [1.165, 1.54) is 0 Å². The van der Waals surface area contributed by atoms with Crippen LogP contribution in [0.25, 0.3) is 0 Å². The molecule has 146 valence electrons. The van der Waals surface area contributed by atoms with Crippen molar-refractivity contribution >= 4 is 12.0 Å². The fourth-order valence-electron chi connectivity index (χ4n) is 2.39. The standard InChI is InChI=1S/C20H33N3O3/c1-15(2)17(22-19(25)26-20(3,4)5)12-21-18(24)14-23(6)13-16-10-8-7-9-11-16/h7-11,15,17H,12-14H2,1-6H3,(H,21,24)(H,22,25)/t17-/m1/s1. The van der Waals surface area contributed by atoms with Gasteiger partial charge >= 0.3 is 6.09 Å². The SMILES string of the molecule is CC(C)[C@@H](CNC(=O)CN(C)Cc1ccccc1)NC(=O)OC(C)(C)C. The number of nitrogens with one attached hydrogen (secondary N) is 2. The van der Waals surface area contributed by atoms with E-state index in [4.69, 9.17) is 4.74 Å². The highest BCUT2D eigenvalue weighted by Crippen LogP contribution is 2.08. The van der Waals surface area contributed by atoms with E-state index < -0.39 is 11.7 Å². The molecule has 1 aromatic carbocycles. The van der Waals surface area contributed by atoms with Crippen LogP contribution in [0.4, 0.5) is 4.79 Å². The number of carbonyl (C=O) groups excluding carboxylic acids is 2. The smallest absolute Gasteiger partial charge is 0.407 e. The minimum atomic E-state index is -0.547. The van der Waals surface area contributed by atoms with Gasteiger partial charge in [0.05, 0.1) is 12.6 Å². The van der Waals surface area contributed by atoms with Crippen molar-refractivity contribution in [2.24, 2.45) is 5.92 Å². The molecule has 0 saturated carbocycles. The molecule has 2 amide bonds. The number of rotatable bonds is 8. The lowest BCUT2D eigenvalue weighted by Crippen LogP contribution is -2.49. The zero-order valence-corrected chi connectivity index (χ0v) is 16.8. The maximum atomic E-state index is 12.2. The van der Waals surface area contributed by atoms with Crippen LogP contribution in [0.3, 0.4) is 0 Å². The van der Waals surface area contributed by atoms with Crippen molar-refractivity contribution in [2.45, 2.75) is 52.8 Å². The van der Waals surface area contributed by atoms with Crippen molar-refractivity contribution < 1.29 is 14.3 Å². The van der Waals surface area contributed by atoms with Crippen LogP contribution in [0, 0.1) is 5.92 Å². The molecular weight excluding hydrogens is 330 g/mol. The predicted molar refractivity (Wildman–Crippen MR) is 104 cm³/mol. The van der Waals surface area contributed by atoms with Crippen molar-refractivity contribution in [3.05, 3.63) is 35.9 Å². The van der Waals surface area contributed by atoms with E-state index in [2.05, 4.69) is 10.6 Å². The highest BCUT2D eigenvalue weighted by molar-refractivity contribution is 5.78. The lowest BCUT2D eigenvalue weighted by Gasteiger charge is -2.26. The minimum absolute atomic E-state index is 0.0694. The van der Waals surface area contributed by atoms with E-state index in [-0.39, 0.29) is 17.9 Å². The number of alkyl carbamates (subject to hydrolysis) is 1. The average molecular weight is 364 g/mol. The van der Waals surface area contributed by atoms with E-state index in [0.29, 0.717) is 19.6 Å². The molecule has 0 aliphatic rings. The van der Waals surface area contributed by atoms with Crippen LogP contribution < -0.4 is 10.6 Å². The van der Waals surface area contributed by atoms with Gasteiger partial charge in [-0.1, -0.05) is 44.2 Å². The molecule has 1 rings (SSSR count). The molecule has 0 heterocycles. The van der Waals surface area contributed by atoms with E-state index in [0.717, 1.165) is 5.56 Å². The van der Waals surface area contributed by atoms with Crippen molar-refractivity contribution in [3.8, 4) is 0 Å². The molecule has 0 aliphatic carbocycles. The first-order chi connectivity index (χ1) is 12.1. The summed E-state index contributed by atoms with van der Waals surface area (Å²) in [5.41, 5.74) is 0.615. The maximum Gasteiger partial charge on any atom is 0.407 e. The molecule has 0 aromatic heterocycles. The maximum absolute atomic E-state index is 12.2. The Morgan fingerprint density at radius 2 is 1.77 bits per heavy atom. The van der Waals surface area contributed by atoms with Crippen molar-refractivity contribution in [3.63, 3.8) is 0 Å². The van der Waals surface area contributed by atoms with Crippen molar-refractivity contribution in [1.82, 2.24) is 15.5 Å². The number of likely N-dealkylation sites (N-methyl/N-ethyl adjacent to an activating group) is 1. The normalized spacial score (nSPS) is 12.8. The topological polar surface area (TPSA) is 70.7 Å². The van der Waals surface area contributed by atoms with E-state index in [9.17, 15) is 9.59 Å². The lowest BCUT2D eigenvalue weighted by atomic mass is 10.0. The third-order valence-electron chi connectivity index (χ3n) is 3.73. The van der Waals surface area contributed by atoms with Gasteiger partial charge < -0.3 is 15.4 Å². The third kappa shape index (κ3) is 9.42. The van der Waals surface area contributed by atoms with Gasteiger partial charge in [0.15, 0.2) is 0 Å². The Morgan fingerprint density at radius 1 is 1.15 bits per heavy atom. The fraction of sp³-hybridized carbons (Fsp3) is 0.600. The Labute approximate surface area is 157 Å². The number of carbonyl (C=O) groups is 2. The van der Waals surface area contributed by atoms with Gasteiger partial charge in [-0.25, -0.2) is 4.79 Å². The molecule has 26 heavy (non-hydrogen) atoms. The van der Waals surface area contributed by atoms with Crippen LogP contribution in [0.5, 0.6) is 0 Å². The van der Waals surface area contributed by atoms with Gasteiger partial charge in [-0.15, -0.1) is 0 Å². The summed E-state index contributed by atoms with van der Waals surface area (Å²) >= 11 is 0. The van der Waals surface area contributed by atoms with Gasteiger partial charge in [0, 0.05) is 13.1 Å². The van der Waals surface area contributed by atoms with Crippen molar-refractivity contribution in [2.75, 3.05) is 20.1 Å². The summed E-state index contributed by atoms with van der Waals surface area (Å²) in [5, 5.41) is 5.73. The van der Waals surface area contributed by atoms with Crippen LogP contribution in [-0.4, -0.2) is 48.7 Å². The summed E-state index contributed by atoms with van der Waals surface area (Å²) in [6, 6.07) is 9.83. The Balaban J connectivity index is 2.42. The number of amides is 2. The molecule has 0 radical (unpaired) electrons. The molecule has 0 aliphatic heterocycles. The van der Waals surface area contributed by atoms with Gasteiger partial charge in [-0.3, -0.25) is 9.69 Å². The van der Waals surface area contributed by atoms with E-state index in [1.54, 1.807) is 0 Å². The highest BCUT2D eigenvalue weighted by atomic mass is 16.6. The first kappa shape index (κ1) is 22.0. The van der Waals surface area contributed by atoms with Gasteiger partial charge in [0.25, 0.3) is 0 Å². The number of hydrogen-bond donors (Lipinski definition) is 2. The molecular formula is C20H33N3O3. The fourth-order valence-corrected chi connectivity index (χ4v) is 2.39. The van der Waals surface area contributed by atoms with Crippen LogP contribution in [0.2, 0.25) is 0 Å². The average Bonchev–Trinajstić information content (AvgIpc) is 2.50. The Morgan fingerprint density at radius 3 is 2.31 bits per heavy atom. The van der Waals surface area contributed by atoms with Crippen LogP contribution >= 0.6 is 0 Å². The summed E-state index contributed by atoms with van der Waals surface area (Å²) in [6.07, 6.45) is -0.466. The first-order valence-corrected chi connectivity index (χ1v) is 9.05. The molecule has 1 atom stereocenters. The molecule has 6 heteroatoms. The van der Waals surface area contributed by atoms with Crippen LogP contribution in [-0.2, 0) is 16.1 Å². The van der Waals surface area contributed by atoms with Gasteiger partial charge in [0.2, 0.25) is 5.91 Å². The Kier molecular flexibility index (Phi) is 8.58. The molecule has 6 nitrogen and oxygen atoms in total. The monoisotopic (exact) mass is 363 g/mol. The quantitative estimate of drug-likeness (QED) is 0.745. The third-order valence-corrected chi connectivity index (χ3v) is 3.73. The zero-order valence-electron chi connectivity index (χ0n) is 16.8. The van der Waals surface area contributed by atoms with E-state index >= 15 is 0 Å². The van der Waals surface area contributed by atoms with Gasteiger partial charge in [-0.05, 0) is 39.3 Å². The molecule has 2 N–H and O–H groups in total. The second-order valence-corrected chi connectivity index (χ2v) is 7.96. The molecule has 1 aromatic rings. The lowest BCUT2D eigenvalue weighted by molar-refractivity contribution is -0.122. The number of ether oxygens (including phenoxy) is 1. The summed E-state index contributed by atoms with van der Waals surface area (Å²) in [4.78, 5) is 26.1. The Bertz CT molecular complexity index is 567. The highest BCUT2D eigenvalue weighted by Gasteiger charge is 2.22. The molecule has 0 saturated heterocycles. The van der Waals surface area contributed by atoms with E-state index in [1.807, 2.05) is 76.9 Å². The minimum Gasteiger partial charge on any atom is -0.444 e.